The predicted octanol–water partition coefficient (Wildman–Crippen LogP) is 1.96. The number of hydrogen-bond donors (Lipinski definition) is 1. The fourth-order valence-corrected chi connectivity index (χ4v) is 2.11. The molecule has 0 spiro atoms. The molecule has 1 saturated carbocycles. The molecule has 0 amide bonds. The van der Waals surface area contributed by atoms with Crippen LogP contribution in [0.15, 0.2) is 0 Å². The van der Waals surface area contributed by atoms with Gasteiger partial charge in [0.2, 0.25) is 0 Å². The van der Waals surface area contributed by atoms with E-state index in [1.54, 1.807) is 0 Å². The molecule has 0 unspecified atom stereocenters. The molecule has 2 heteroatoms. The molecular formula is C10H20O2. The molecule has 0 radical (unpaired) electrons. The molecule has 0 aromatic rings. The molecule has 12 heavy (non-hydrogen) atoms. The van der Waals surface area contributed by atoms with Crippen LogP contribution in [0, 0.1) is 5.92 Å². The summed E-state index contributed by atoms with van der Waals surface area (Å²) in [6, 6.07) is 0. The van der Waals surface area contributed by atoms with Gasteiger partial charge in [0.1, 0.15) is 0 Å². The van der Waals surface area contributed by atoms with Crippen LogP contribution in [-0.2, 0) is 4.74 Å². The molecule has 0 aliphatic heterocycles. The van der Waals surface area contributed by atoms with Crippen LogP contribution >= 0.6 is 0 Å². The van der Waals surface area contributed by atoms with Crippen molar-refractivity contribution >= 4 is 0 Å². The van der Waals surface area contributed by atoms with E-state index in [9.17, 15) is 0 Å². The van der Waals surface area contributed by atoms with Crippen LogP contribution < -0.4 is 0 Å². The lowest BCUT2D eigenvalue weighted by Crippen LogP contribution is -2.36. The number of hydrogen-bond acceptors (Lipinski definition) is 2. The van der Waals surface area contributed by atoms with Gasteiger partial charge in [0.05, 0.1) is 18.8 Å². The zero-order valence-electron chi connectivity index (χ0n) is 8.18. The fourth-order valence-electron chi connectivity index (χ4n) is 2.11. The third kappa shape index (κ3) is 1.99. The van der Waals surface area contributed by atoms with Crippen LogP contribution in [0.5, 0.6) is 0 Å². The van der Waals surface area contributed by atoms with E-state index in [-0.39, 0.29) is 12.2 Å². The summed E-state index contributed by atoms with van der Waals surface area (Å²) < 4.78 is 5.75. The normalized spacial score (nSPS) is 22.0. The van der Waals surface area contributed by atoms with Crippen molar-refractivity contribution in [2.75, 3.05) is 13.2 Å². The third-order valence-electron chi connectivity index (χ3n) is 2.98. The molecule has 0 bridgehead atoms. The smallest absolute Gasteiger partial charge is 0.0706 e. The van der Waals surface area contributed by atoms with E-state index in [2.05, 4.69) is 13.8 Å². The fraction of sp³-hybridized carbons (Fsp3) is 1.00. The van der Waals surface area contributed by atoms with Gasteiger partial charge in [0.15, 0.2) is 0 Å². The minimum Gasteiger partial charge on any atom is -0.394 e. The van der Waals surface area contributed by atoms with Gasteiger partial charge in [-0.2, -0.15) is 0 Å². The summed E-state index contributed by atoms with van der Waals surface area (Å²) in [5.74, 6) is 0.576. The number of aliphatic hydroxyl groups excluding tert-OH is 1. The van der Waals surface area contributed by atoms with Crippen molar-refractivity contribution in [2.24, 2.45) is 5.92 Å². The average Bonchev–Trinajstić information content (AvgIpc) is 2.50. The largest absolute Gasteiger partial charge is 0.394 e. The molecule has 1 N–H and O–H groups in total. The third-order valence-corrected chi connectivity index (χ3v) is 2.98. The summed E-state index contributed by atoms with van der Waals surface area (Å²) in [5.41, 5.74) is 0.0860. The maximum atomic E-state index is 8.70. The summed E-state index contributed by atoms with van der Waals surface area (Å²) >= 11 is 0. The number of ether oxygens (including phenoxy) is 1. The lowest BCUT2D eigenvalue weighted by Gasteiger charge is -2.33. The second kappa shape index (κ2) is 4.24. The highest BCUT2D eigenvalue weighted by molar-refractivity contribution is 4.89. The molecule has 2 nitrogen and oxygen atoms in total. The van der Waals surface area contributed by atoms with Gasteiger partial charge in [0, 0.05) is 0 Å². The van der Waals surface area contributed by atoms with Crippen LogP contribution in [0.2, 0.25) is 0 Å². The number of rotatable bonds is 4. The second-order valence-electron chi connectivity index (χ2n) is 4.00. The standard InChI is InChI=1S/C10H20O2/c1-9(2)10(12-8-7-11)5-3-4-6-10/h9,11H,3-8H2,1-2H3. The molecule has 1 aliphatic carbocycles. The van der Waals surface area contributed by atoms with Crippen molar-refractivity contribution in [1.82, 2.24) is 0 Å². The van der Waals surface area contributed by atoms with Crippen molar-refractivity contribution in [3.8, 4) is 0 Å². The Balaban J connectivity index is 2.47. The lowest BCUT2D eigenvalue weighted by molar-refractivity contribution is -0.0832. The lowest BCUT2D eigenvalue weighted by atomic mass is 9.88. The minimum atomic E-state index is 0.0860. The van der Waals surface area contributed by atoms with E-state index in [0.29, 0.717) is 12.5 Å². The minimum absolute atomic E-state index is 0.0860. The van der Waals surface area contributed by atoms with Gasteiger partial charge in [-0.05, 0) is 18.8 Å². The maximum Gasteiger partial charge on any atom is 0.0706 e. The van der Waals surface area contributed by atoms with Crippen LogP contribution in [0.4, 0.5) is 0 Å². The zero-order chi connectivity index (χ0) is 9.03. The highest BCUT2D eigenvalue weighted by Gasteiger charge is 2.37. The first-order valence-electron chi connectivity index (χ1n) is 4.96. The first-order chi connectivity index (χ1) is 5.71. The Morgan fingerprint density at radius 3 is 2.33 bits per heavy atom. The van der Waals surface area contributed by atoms with E-state index >= 15 is 0 Å². The van der Waals surface area contributed by atoms with Crippen LogP contribution in [0.3, 0.4) is 0 Å². The Morgan fingerprint density at radius 1 is 1.33 bits per heavy atom. The highest BCUT2D eigenvalue weighted by atomic mass is 16.5. The summed E-state index contributed by atoms with van der Waals surface area (Å²) in [4.78, 5) is 0. The molecule has 1 aliphatic rings. The van der Waals surface area contributed by atoms with Crippen molar-refractivity contribution in [2.45, 2.75) is 45.1 Å². The Morgan fingerprint density at radius 2 is 1.92 bits per heavy atom. The number of aliphatic hydroxyl groups is 1. The maximum absolute atomic E-state index is 8.70. The SMILES string of the molecule is CC(C)C1(OCCO)CCCC1. The molecule has 1 fully saturated rings. The summed E-state index contributed by atoms with van der Waals surface area (Å²) in [6.45, 7) is 5.07. The van der Waals surface area contributed by atoms with Gasteiger partial charge in [-0.1, -0.05) is 26.7 Å². The monoisotopic (exact) mass is 172 g/mol. The van der Waals surface area contributed by atoms with E-state index < -0.39 is 0 Å². The Labute approximate surface area is 74.9 Å². The predicted molar refractivity (Wildman–Crippen MR) is 49.1 cm³/mol. The summed E-state index contributed by atoms with van der Waals surface area (Å²) in [6.07, 6.45) is 4.91. The van der Waals surface area contributed by atoms with Crippen LogP contribution in [-0.4, -0.2) is 23.9 Å². The van der Waals surface area contributed by atoms with Crippen LogP contribution in [0.25, 0.3) is 0 Å². The highest BCUT2D eigenvalue weighted by Crippen LogP contribution is 2.38. The molecule has 0 aromatic heterocycles. The molecule has 0 atom stereocenters. The second-order valence-corrected chi connectivity index (χ2v) is 4.00. The molecular weight excluding hydrogens is 152 g/mol. The van der Waals surface area contributed by atoms with Crippen LogP contribution in [0.1, 0.15) is 39.5 Å². The van der Waals surface area contributed by atoms with E-state index in [0.717, 1.165) is 0 Å². The topological polar surface area (TPSA) is 29.5 Å². The Hall–Kier alpha value is -0.0800. The van der Waals surface area contributed by atoms with Crippen molar-refractivity contribution in [1.29, 1.82) is 0 Å². The molecule has 1 rings (SSSR count). The quantitative estimate of drug-likeness (QED) is 0.702. The van der Waals surface area contributed by atoms with Gasteiger partial charge >= 0.3 is 0 Å². The Kier molecular flexibility index (Phi) is 3.53. The van der Waals surface area contributed by atoms with Crippen molar-refractivity contribution in [3.63, 3.8) is 0 Å². The Bertz CT molecular complexity index is 126. The van der Waals surface area contributed by atoms with Gasteiger partial charge in [-0.15, -0.1) is 0 Å². The van der Waals surface area contributed by atoms with Gasteiger partial charge in [0.25, 0.3) is 0 Å². The van der Waals surface area contributed by atoms with Crippen molar-refractivity contribution in [3.05, 3.63) is 0 Å². The van der Waals surface area contributed by atoms with Gasteiger partial charge < -0.3 is 9.84 Å². The molecule has 0 heterocycles. The zero-order valence-corrected chi connectivity index (χ0v) is 8.18. The van der Waals surface area contributed by atoms with Crippen molar-refractivity contribution < 1.29 is 9.84 Å². The first-order valence-corrected chi connectivity index (χ1v) is 4.96. The summed E-state index contributed by atoms with van der Waals surface area (Å²) in [7, 11) is 0. The molecule has 0 aromatic carbocycles. The van der Waals surface area contributed by atoms with Gasteiger partial charge in [-0.25, -0.2) is 0 Å². The van der Waals surface area contributed by atoms with Gasteiger partial charge in [-0.3, -0.25) is 0 Å². The van der Waals surface area contributed by atoms with E-state index in [4.69, 9.17) is 9.84 Å². The molecule has 0 saturated heterocycles. The van der Waals surface area contributed by atoms with E-state index in [1.807, 2.05) is 0 Å². The average molecular weight is 172 g/mol. The first kappa shape index (κ1) is 10.0. The summed E-state index contributed by atoms with van der Waals surface area (Å²) in [5, 5.41) is 8.70. The molecule has 72 valence electrons. The van der Waals surface area contributed by atoms with E-state index in [1.165, 1.54) is 25.7 Å².